The molecule has 8 nitrogen and oxygen atoms in total. The van der Waals surface area contributed by atoms with Crippen LogP contribution in [0.3, 0.4) is 0 Å². The van der Waals surface area contributed by atoms with E-state index in [-0.39, 0.29) is 19.2 Å². The minimum Gasteiger partial charge on any atom is -0.463 e. The second kappa shape index (κ2) is 8.44. The lowest BCUT2D eigenvalue weighted by molar-refractivity contribution is 0.105. The highest BCUT2D eigenvalue weighted by Gasteiger charge is 2.08. The Labute approximate surface area is 112 Å². The lowest BCUT2D eigenvalue weighted by atomic mass is 10.4. The summed E-state index contributed by atoms with van der Waals surface area (Å²) in [5, 5.41) is 23.8. The third kappa shape index (κ3) is 5.66. The monoisotopic (exact) mass is 271 g/mol. The van der Waals surface area contributed by atoms with Crippen molar-refractivity contribution < 1.29 is 14.9 Å². The van der Waals surface area contributed by atoms with Gasteiger partial charge in [-0.2, -0.15) is 15.0 Å². The fourth-order valence-electron chi connectivity index (χ4n) is 1.20. The van der Waals surface area contributed by atoms with Gasteiger partial charge in [0.05, 0.1) is 19.3 Å². The van der Waals surface area contributed by atoms with Crippen molar-refractivity contribution in [3.63, 3.8) is 0 Å². The number of hydrogen-bond acceptors (Lipinski definition) is 8. The van der Waals surface area contributed by atoms with Gasteiger partial charge in [0.15, 0.2) is 0 Å². The highest BCUT2D eigenvalue weighted by atomic mass is 16.5. The molecule has 0 radical (unpaired) electrons. The number of nitrogens with zero attached hydrogens (tertiary/aromatic N) is 3. The summed E-state index contributed by atoms with van der Waals surface area (Å²) in [7, 11) is 0. The summed E-state index contributed by atoms with van der Waals surface area (Å²) in [6.07, 6.45) is -0.00634. The van der Waals surface area contributed by atoms with Crippen LogP contribution in [0.15, 0.2) is 0 Å². The molecular formula is C11H21N5O3. The van der Waals surface area contributed by atoms with E-state index in [1.165, 1.54) is 0 Å². The molecule has 19 heavy (non-hydrogen) atoms. The molecule has 1 aromatic rings. The minimum atomic E-state index is -0.862. The zero-order chi connectivity index (χ0) is 14.1. The molecule has 108 valence electrons. The molecule has 1 atom stereocenters. The van der Waals surface area contributed by atoms with Crippen molar-refractivity contribution in [1.29, 1.82) is 0 Å². The molecule has 0 aromatic carbocycles. The standard InChI is InChI=1S/C11H21N5O3/c1-3-5-19-11-15-9(12-4-2)14-10(16-11)13-6-8(18)7-17/h8,17-18H,3-7H2,1-2H3,(H2,12,13,14,15,16). The summed E-state index contributed by atoms with van der Waals surface area (Å²) >= 11 is 0. The fraction of sp³-hybridized carbons (Fsp3) is 0.727. The Morgan fingerprint density at radius 3 is 2.42 bits per heavy atom. The van der Waals surface area contributed by atoms with Gasteiger partial charge < -0.3 is 25.6 Å². The fourth-order valence-corrected chi connectivity index (χ4v) is 1.20. The maximum Gasteiger partial charge on any atom is 0.323 e. The Kier molecular flexibility index (Phi) is 6.83. The average Bonchev–Trinajstić information content (AvgIpc) is 2.42. The maximum absolute atomic E-state index is 9.27. The summed E-state index contributed by atoms with van der Waals surface area (Å²) in [6.45, 7) is 4.95. The van der Waals surface area contributed by atoms with Gasteiger partial charge in [0, 0.05) is 13.1 Å². The van der Waals surface area contributed by atoms with E-state index in [2.05, 4.69) is 25.6 Å². The molecule has 1 unspecified atom stereocenters. The Morgan fingerprint density at radius 2 is 1.84 bits per heavy atom. The maximum atomic E-state index is 9.27. The third-order valence-electron chi connectivity index (χ3n) is 2.09. The summed E-state index contributed by atoms with van der Waals surface area (Å²) in [5.41, 5.74) is 0. The Bertz CT molecular complexity index is 377. The molecule has 8 heteroatoms. The van der Waals surface area contributed by atoms with Crippen molar-refractivity contribution in [2.45, 2.75) is 26.4 Å². The molecule has 0 aliphatic carbocycles. The van der Waals surface area contributed by atoms with Crippen LogP contribution in [0.4, 0.5) is 11.9 Å². The second-order valence-corrected chi connectivity index (χ2v) is 3.86. The number of anilines is 2. The summed E-state index contributed by atoms with van der Waals surface area (Å²) in [4.78, 5) is 12.3. The summed E-state index contributed by atoms with van der Waals surface area (Å²) in [5.74, 6) is 0.703. The van der Waals surface area contributed by atoms with Crippen LogP contribution in [0, 0.1) is 0 Å². The summed E-state index contributed by atoms with van der Waals surface area (Å²) < 4.78 is 5.36. The normalized spacial score (nSPS) is 12.0. The van der Waals surface area contributed by atoms with Crippen molar-refractivity contribution in [1.82, 2.24) is 15.0 Å². The van der Waals surface area contributed by atoms with E-state index in [0.717, 1.165) is 6.42 Å². The first-order valence-electron chi connectivity index (χ1n) is 6.35. The topological polar surface area (TPSA) is 112 Å². The molecule has 1 aromatic heterocycles. The molecule has 0 aliphatic rings. The van der Waals surface area contributed by atoms with Crippen LogP contribution in [0.2, 0.25) is 0 Å². The SMILES string of the molecule is CCCOc1nc(NCC)nc(NCC(O)CO)n1. The van der Waals surface area contributed by atoms with Gasteiger partial charge in [-0.1, -0.05) is 6.92 Å². The van der Waals surface area contributed by atoms with Gasteiger partial charge in [-0.05, 0) is 13.3 Å². The number of rotatable bonds is 9. The first-order chi connectivity index (χ1) is 9.19. The van der Waals surface area contributed by atoms with Crippen LogP contribution in [-0.4, -0.2) is 57.6 Å². The van der Waals surface area contributed by atoms with E-state index in [1.807, 2.05) is 13.8 Å². The van der Waals surface area contributed by atoms with Gasteiger partial charge in [0.2, 0.25) is 11.9 Å². The van der Waals surface area contributed by atoms with Crippen LogP contribution >= 0.6 is 0 Å². The van der Waals surface area contributed by atoms with Crippen LogP contribution in [0.1, 0.15) is 20.3 Å². The predicted molar refractivity (Wildman–Crippen MR) is 71.4 cm³/mol. The Morgan fingerprint density at radius 1 is 1.16 bits per heavy atom. The number of aliphatic hydroxyl groups is 2. The first kappa shape index (κ1) is 15.4. The van der Waals surface area contributed by atoms with Crippen molar-refractivity contribution in [3.8, 4) is 6.01 Å². The average molecular weight is 271 g/mol. The van der Waals surface area contributed by atoms with E-state index < -0.39 is 6.10 Å². The zero-order valence-corrected chi connectivity index (χ0v) is 11.3. The van der Waals surface area contributed by atoms with Crippen molar-refractivity contribution in [2.24, 2.45) is 0 Å². The molecule has 0 aliphatic heterocycles. The van der Waals surface area contributed by atoms with Gasteiger partial charge in [-0.3, -0.25) is 0 Å². The highest BCUT2D eigenvalue weighted by Crippen LogP contribution is 2.11. The van der Waals surface area contributed by atoms with E-state index in [0.29, 0.717) is 25.0 Å². The van der Waals surface area contributed by atoms with Crippen molar-refractivity contribution in [3.05, 3.63) is 0 Å². The van der Waals surface area contributed by atoms with Crippen LogP contribution in [0.25, 0.3) is 0 Å². The van der Waals surface area contributed by atoms with E-state index in [9.17, 15) is 5.11 Å². The highest BCUT2D eigenvalue weighted by molar-refractivity contribution is 5.35. The quantitative estimate of drug-likeness (QED) is 0.491. The van der Waals surface area contributed by atoms with Crippen molar-refractivity contribution in [2.75, 3.05) is 36.9 Å². The lowest BCUT2D eigenvalue weighted by Crippen LogP contribution is -2.24. The van der Waals surface area contributed by atoms with Gasteiger partial charge in [-0.15, -0.1) is 0 Å². The van der Waals surface area contributed by atoms with E-state index in [1.54, 1.807) is 0 Å². The van der Waals surface area contributed by atoms with Gasteiger partial charge in [0.1, 0.15) is 0 Å². The molecule has 1 rings (SSSR count). The molecular weight excluding hydrogens is 250 g/mol. The number of ether oxygens (including phenoxy) is 1. The van der Waals surface area contributed by atoms with E-state index in [4.69, 9.17) is 9.84 Å². The minimum absolute atomic E-state index is 0.152. The van der Waals surface area contributed by atoms with Crippen LogP contribution in [-0.2, 0) is 0 Å². The predicted octanol–water partition coefficient (Wildman–Crippen LogP) is -0.143. The number of aliphatic hydroxyl groups excluding tert-OH is 2. The first-order valence-corrected chi connectivity index (χ1v) is 6.35. The largest absolute Gasteiger partial charge is 0.463 e. The number of hydrogen-bond donors (Lipinski definition) is 4. The van der Waals surface area contributed by atoms with Crippen molar-refractivity contribution >= 4 is 11.9 Å². The zero-order valence-electron chi connectivity index (χ0n) is 11.3. The van der Waals surface area contributed by atoms with Crippen LogP contribution in [0.5, 0.6) is 6.01 Å². The summed E-state index contributed by atoms with van der Waals surface area (Å²) in [6, 6.07) is 0.230. The lowest BCUT2D eigenvalue weighted by Gasteiger charge is -2.11. The smallest absolute Gasteiger partial charge is 0.323 e. The molecule has 1 heterocycles. The number of aromatic nitrogens is 3. The van der Waals surface area contributed by atoms with E-state index >= 15 is 0 Å². The molecule has 0 bridgehead atoms. The Balaban J connectivity index is 2.73. The second-order valence-electron chi connectivity index (χ2n) is 3.86. The molecule has 0 fully saturated rings. The van der Waals surface area contributed by atoms with Gasteiger partial charge in [0.25, 0.3) is 0 Å². The molecule has 4 N–H and O–H groups in total. The number of nitrogens with one attached hydrogen (secondary N) is 2. The molecule has 0 saturated heterocycles. The third-order valence-corrected chi connectivity index (χ3v) is 2.09. The molecule has 0 saturated carbocycles. The molecule has 0 spiro atoms. The van der Waals surface area contributed by atoms with Gasteiger partial charge >= 0.3 is 6.01 Å². The Hall–Kier alpha value is -1.67. The van der Waals surface area contributed by atoms with Crippen LogP contribution < -0.4 is 15.4 Å². The molecule has 0 amide bonds. The van der Waals surface area contributed by atoms with Gasteiger partial charge in [-0.25, -0.2) is 0 Å².